The van der Waals surface area contributed by atoms with Crippen LogP contribution in [-0.4, -0.2) is 18.4 Å². The predicted molar refractivity (Wildman–Crippen MR) is 72.6 cm³/mol. The highest BCUT2D eigenvalue weighted by molar-refractivity contribution is 6.34. The van der Waals surface area contributed by atoms with Gasteiger partial charge in [-0.1, -0.05) is 18.5 Å². The molecule has 0 heterocycles. The highest BCUT2D eigenvalue weighted by Crippen LogP contribution is 2.25. The van der Waals surface area contributed by atoms with Crippen molar-refractivity contribution in [3.8, 4) is 0 Å². The molecule has 5 nitrogen and oxygen atoms in total. The fourth-order valence-electron chi connectivity index (χ4n) is 1.26. The van der Waals surface area contributed by atoms with E-state index in [2.05, 4.69) is 10.6 Å². The lowest BCUT2D eigenvalue weighted by molar-refractivity contribution is -0.119. The van der Waals surface area contributed by atoms with Gasteiger partial charge in [0.05, 0.1) is 10.7 Å². The molecule has 1 aromatic rings. The SMILES string of the molecule is CC(=O)Nc1ccc(NC(=O)C(C)CN)cc1Cl. The molecule has 1 atom stereocenters. The van der Waals surface area contributed by atoms with Gasteiger partial charge in [-0.2, -0.15) is 0 Å². The van der Waals surface area contributed by atoms with Gasteiger partial charge in [-0.05, 0) is 18.2 Å². The molecule has 0 bridgehead atoms. The molecular weight excluding hydrogens is 254 g/mol. The largest absolute Gasteiger partial charge is 0.330 e. The van der Waals surface area contributed by atoms with Gasteiger partial charge in [0.15, 0.2) is 0 Å². The second-order valence-electron chi connectivity index (χ2n) is 4.00. The van der Waals surface area contributed by atoms with E-state index in [0.29, 0.717) is 16.4 Å². The molecule has 0 aromatic heterocycles. The van der Waals surface area contributed by atoms with Gasteiger partial charge >= 0.3 is 0 Å². The van der Waals surface area contributed by atoms with E-state index in [4.69, 9.17) is 17.3 Å². The first-order valence-corrected chi connectivity index (χ1v) is 5.90. The minimum absolute atomic E-state index is 0.166. The Morgan fingerprint density at radius 3 is 2.56 bits per heavy atom. The molecular formula is C12H16ClN3O2. The highest BCUT2D eigenvalue weighted by atomic mass is 35.5. The summed E-state index contributed by atoms with van der Waals surface area (Å²) >= 11 is 5.98. The van der Waals surface area contributed by atoms with Crippen molar-refractivity contribution in [2.45, 2.75) is 13.8 Å². The predicted octanol–water partition coefficient (Wildman–Crippen LogP) is 1.83. The molecule has 0 aliphatic heterocycles. The molecule has 0 fully saturated rings. The molecule has 4 N–H and O–H groups in total. The molecule has 1 rings (SSSR count). The summed E-state index contributed by atoms with van der Waals surface area (Å²) in [6.07, 6.45) is 0. The third-order valence-corrected chi connectivity index (χ3v) is 2.66. The number of carbonyl (C=O) groups is 2. The van der Waals surface area contributed by atoms with Gasteiger partial charge in [-0.25, -0.2) is 0 Å². The van der Waals surface area contributed by atoms with Gasteiger partial charge in [0.1, 0.15) is 0 Å². The van der Waals surface area contributed by atoms with Gasteiger partial charge < -0.3 is 16.4 Å². The normalized spacial score (nSPS) is 11.8. The number of hydrogen-bond donors (Lipinski definition) is 3. The minimum atomic E-state index is -0.265. The average molecular weight is 270 g/mol. The minimum Gasteiger partial charge on any atom is -0.330 e. The Balaban J connectivity index is 2.78. The first-order chi connectivity index (χ1) is 8.43. The van der Waals surface area contributed by atoms with E-state index in [1.807, 2.05) is 0 Å². The second kappa shape index (κ2) is 6.37. The Labute approximate surface area is 111 Å². The molecule has 1 unspecified atom stereocenters. The van der Waals surface area contributed by atoms with Crippen LogP contribution in [0.1, 0.15) is 13.8 Å². The van der Waals surface area contributed by atoms with Crippen LogP contribution in [0.5, 0.6) is 0 Å². The maximum absolute atomic E-state index is 11.6. The summed E-state index contributed by atoms with van der Waals surface area (Å²) in [5.74, 6) is -0.634. The summed E-state index contributed by atoms with van der Waals surface area (Å²) in [5.41, 5.74) is 6.48. The molecule has 0 aliphatic carbocycles. The second-order valence-corrected chi connectivity index (χ2v) is 4.41. The van der Waals surface area contributed by atoms with E-state index >= 15 is 0 Å². The third kappa shape index (κ3) is 4.01. The van der Waals surface area contributed by atoms with Crippen LogP contribution in [0.2, 0.25) is 5.02 Å². The number of rotatable bonds is 4. The van der Waals surface area contributed by atoms with Crippen LogP contribution in [0.4, 0.5) is 11.4 Å². The standard InChI is InChI=1S/C12H16ClN3O2/c1-7(6-14)12(18)16-9-3-4-11(10(13)5-9)15-8(2)17/h3-5,7H,6,14H2,1-2H3,(H,15,17)(H,16,18). The highest BCUT2D eigenvalue weighted by Gasteiger charge is 2.11. The summed E-state index contributed by atoms with van der Waals surface area (Å²) in [7, 11) is 0. The Bertz CT molecular complexity index is 463. The Morgan fingerprint density at radius 1 is 1.39 bits per heavy atom. The Hall–Kier alpha value is -1.59. The quantitative estimate of drug-likeness (QED) is 0.780. The number of nitrogens with one attached hydrogen (secondary N) is 2. The van der Waals surface area contributed by atoms with Crippen molar-refractivity contribution < 1.29 is 9.59 Å². The smallest absolute Gasteiger partial charge is 0.228 e. The number of anilines is 2. The summed E-state index contributed by atoms with van der Waals surface area (Å²) in [6, 6.07) is 4.87. The number of amides is 2. The average Bonchev–Trinajstić information content (AvgIpc) is 2.31. The van der Waals surface area contributed by atoms with Gasteiger partial charge in [0, 0.05) is 25.1 Å². The van der Waals surface area contributed by atoms with Crippen molar-refractivity contribution in [3.63, 3.8) is 0 Å². The van der Waals surface area contributed by atoms with Crippen molar-refractivity contribution in [2.24, 2.45) is 11.7 Å². The molecule has 0 saturated heterocycles. The van der Waals surface area contributed by atoms with Gasteiger partial charge in [0.2, 0.25) is 11.8 Å². The van der Waals surface area contributed by atoms with Crippen LogP contribution in [0.25, 0.3) is 0 Å². The summed E-state index contributed by atoms with van der Waals surface area (Å²) in [4.78, 5) is 22.5. The van der Waals surface area contributed by atoms with Crippen LogP contribution < -0.4 is 16.4 Å². The first-order valence-electron chi connectivity index (χ1n) is 5.52. The van der Waals surface area contributed by atoms with E-state index in [1.54, 1.807) is 25.1 Å². The zero-order chi connectivity index (χ0) is 13.7. The zero-order valence-electron chi connectivity index (χ0n) is 10.3. The molecule has 6 heteroatoms. The van der Waals surface area contributed by atoms with Gasteiger partial charge in [-0.15, -0.1) is 0 Å². The zero-order valence-corrected chi connectivity index (χ0v) is 11.0. The van der Waals surface area contributed by atoms with Gasteiger partial charge in [-0.3, -0.25) is 9.59 Å². The third-order valence-electron chi connectivity index (χ3n) is 2.35. The molecule has 0 aliphatic rings. The van der Waals surface area contributed by atoms with E-state index in [0.717, 1.165) is 0 Å². The lowest BCUT2D eigenvalue weighted by atomic mass is 10.1. The number of carbonyl (C=O) groups excluding carboxylic acids is 2. The van der Waals surface area contributed by atoms with Crippen LogP contribution in [-0.2, 0) is 9.59 Å². The van der Waals surface area contributed by atoms with Gasteiger partial charge in [0.25, 0.3) is 0 Å². The Kier molecular flexibility index (Phi) is 5.12. The maximum atomic E-state index is 11.6. The van der Waals surface area contributed by atoms with Crippen LogP contribution in [0, 0.1) is 5.92 Å². The summed E-state index contributed by atoms with van der Waals surface area (Å²) in [5, 5.41) is 5.65. The van der Waals surface area contributed by atoms with Crippen molar-refractivity contribution in [2.75, 3.05) is 17.2 Å². The number of benzene rings is 1. The summed E-state index contributed by atoms with van der Waals surface area (Å²) < 4.78 is 0. The van der Waals surface area contributed by atoms with Crippen molar-refractivity contribution in [1.29, 1.82) is 0 Å². The molecule has 0 radical (unpaired) electrons. The molecule has 1 aromatic carbocycles. The van der Waals surface area contributed by atoms with Crippen molar-refractivity contribution >= 4 is 34.8 Å². The lowest BCUT2D eigenvalue weighted by Crippen LogP contribution is -2.26. The number of hydrogen-bond acceptors (Lipinski definition) is 3. The molecule has 0 saturated carbocycles. The van der Waals surface area contributed by atoms with E-state index in [-0.39, 0.29) is 24.3 Å². The van der Waals surface area contributed by atoms with Crippen molar-refractivity contribution in [3.05, 3.63) is 23.2 Å². The topological polar surface area (TPSA) is 84.2 Å². The van der Waals surface area contributed by atoms with Crippen molar-refractivity contribution in [1.82, 2.24) is 0 Å². The maximum Gasteiger partial charge on any atom is 0.228 e. The number of halogens is 1. The molecule has 2 amide bonds. The lowest BCUT2D eigenvalue weighted by Gasteiger charge is -2.11. The van der Waals surface area contributed by atoms with Crippen LogP contribution in [0.15, 0.2) is 18.2 Å². The molecule has 0 spiro atoms. The molecule has 98 valence electrons. The first kappa shape index (κ1) is 14.5. The fraction of sp³-hybridized carbons (Fsp3) is 0.333. The van der Waals surface area contributed by atoms with E-state index < -0.39 is 0 Å². The summed E-state index contributed by atoms with van der Waals surface area (Å²) in [6.45, 7) is 3.42. The van der Waals surface area contributed by atoms with E-state index in [1.165, 1.54) is 6.92 Å². The fourth-order valence-corrected chi connectivity index (χ4v) is 1.48. The molecule has 18 heavy (non-hydrogen) atoms. The van der Waals surface area contributed by atoms with Crippen LogP contribution >= 0.6 is 11.6 Å². The number of nitrogens with two attached hydrogens (primary N) is 1. The van der Waals surface area contributed by atoms with E-state index in [9.17, 15) is 9.59 Å². The Morgan fingerprint density at radius 2 is 2.06 bits per heavy atom. The van der Waals surface area contributed by atoms with Crippen LogP contribution in [0.3, 0.4) is 0 Å². The monoisotopic (exact) mass is 269 g/mol.